The molecule has 0 bridgehead atoms. The van der Waals surface area contributed by atoms with Gasteiger partial charge in [0.2, 0.25) is 5.95 Å². The minimum atomic E-state index is -0.157. The lowest BCUT2D eigenvalue weighted by molar-refractivity contribution is 0.171. The molecule has 2 aliphatic heterocycles. The van der Waals surface area contributed by atoms with Crippen LogP contribution in [0.5, 0.6) is 11.5 Å². The summed E-state index contributed by atoms with van der Waals surface area (Å²) in [4.78, 5) is 4.27. The van der Waals surface area contributed by atoms with Crippen LogP contribution < -0.4 is 14.8 Å². The van der Waals surface area contributed by atoms with Crippen LogP contribution in [0.3, 0.4) is 0 Å². The molecule has 2 aromatic rings. The molecule has 0 aliphatic carbocycles. The van der Waals surface area contributed by atoms with E-state index >= 15 is 0 Å². The quantitative estimate of drug-likeness (QED) is 0.856. The molecule has 1 aromatic carbocycles. The van der Waals surface area contributed by atoms with Crippen molar-refractivity contribution in [2.24, 2.45) is 0 Å². The molecule has 1 atom stereocenters. The fraction of sp³-hybridized carbons (Fsp3) is 0.429. The minimum absolute atomic E-state index is 0.0878. The van der Waals surface area contributed by atoms with Gasteiger partial charge in [0.1, 0.15) is 19.8 Å². The molecule has 1 unspecified atom stereocenters. The summed E-state index contributed by atoms with van der Waals surface area (Å²) in [5.41, 5.74) is 1.11. The maximum absolute atomic E-state index is 9.20. The van der Waals surface area contributed by atoms with Gasteiger partial charge in [-0.3, -0.25) is 0 Å². The number of fused-ring (bicyclic) bond motifs is 2. The summed E-state index contributed by atoms with van der Waals surface area (Å²) < 4.78 is 13.0. The van der Waals surface area contributed by atoms with Crippen molar-refractivity contribution < 1.29 is 14.6 Å². The van der Waals surface area contributed by atoms with E-state index in [4.69, 9.17) is 9.47 Å². The van der Waals surface area contributed by atoms with Crippen LogP contribution in [0.15, 0.2) is 18.2 Å². The van der Waals surface area contributed by atoms with Gasteiger partial charge in [-0.15, -0.1) is 0 Å². The van der Waals surface area contributed by atoms with E-state index in [-0.39, 0.29) is 12.6 Å². The van der Waals surface area contributed by atoms with E-state index in [1.165, 1.54) is 0 Å². The van der Waals surface area contributed by atoms with Crippen molar-refractivity contribution in [3.05, 3.63) is 29.6 Å². The summed E-state index contributed by atoms with van der Waals surface area (Å²) in [6.45, 7) is 1.83. The molecule has 0 spiro atoms. The second-order valence-corrected chi connectivity index (χ2v) is 5.09. The number of aliphatic hydroxyl groups excluding tert-OH is 1. The Morgan fingerprint density at radius 2 is 2.14 bits per heavy atom. The Bertz CT molecular complexity index is 670. The first-order valence-corrected chi connectivity index (χ1v) is 7.05. The second-order valence-electron chi connectivity index (χ2n) is 5.09. The van der Waals surface area contributed by atoms with Gasteiger partial charge in [-0.2, -0.15) is 10.1 Å². The number of aromatic nitrogens is 3. The number of rotatable bonds is 2. The van der Waals surface area contributed by atoms with Crippen molar-refractivity contribution in [2.75, 3.05) is 25.1 Å². The molecule has 7 heteroatoms. The third-order valence-electron chi connectivity index (χ3n) is 3.76. The SMILES string of the molecule is OCc1nc2n(n1)C(c1ccc3c(c1)OCCO3)CCN2. The lowest BCUT2D eigenvalue weighted by atomic mass is 10.0. The van der Waals surface area contributed by atoms with E-state index in [2.05, 4.69) is 15.4 Å². The highest BCUT2D eigenvalue weighted by molar-refractivity contribution is 5.45. The third-order valence-corrected chi connectivity index (χ3v) is 3.76. The zero-order valence-corrected chi connectivity index (χ0v) is 11.5. The standard InChI is InChI=1S/C14H16N4O3/c19-8-13-16-14-15-4-3-10(18(14)17-13)9-1-2-11-12(7-9)21-6-5-20-11/h1-2,7,10,19H,3-6,8H2,(H,15,16,17). The van der Waals surface area contributed by atoms with Crippen molar-refractivity contribution in [2.45, 2.75) is 19.1 Å². The van der Waals surface area contributed by atoms with Crippen molar-refractivity contribution in [3.63, 3.8) is 0 Å². The maximum atomic E-state index is 9.20. The van der Waals surface area contributed by atoms with Gasteiger partial charge in [0.25, 0.3) is 0 Å². The molecule has 1 aromatic heterocycles. The molecule has 4 rings (SSSR count). The van der Waals surface area contributed by atoms with Crippen LogP contribution >= 0.6 is 0 Å². The van der Waals surface area contributed by atoms with Crippen LogP contribution in [0, 0.1) is 0 Å². The summed E-state index contributed by atoms with van der Waals surface area (Å²) in [5, 5.41) is 16.8. The third kappa shape index (κ3) is 2.09. The van der Waals surface area contributed by atoms with Gasteiger partial charge in [-0.25, -0.2) is 4.68 Å². The van der Waals surface area contributed by atoms with Gasteiger partial charge in [0.15, 0.2) is 17.3 Å². The summed E-state index contributed by atoms with van der Waals surface area (Å²) in [6, 6.07) is 6.07. The highest BCUT2D eigenvalue weighted by Gasteiger charge is 2.25. The van der Waals surface area contributed by atoms with Crippen molar-refractivity contribution in [1.82, 2.24) is 14.8 Å². The van der Waals surface area contributed by atoms with E-state index in [0.29, 0.717) is 25.0 Å². The van der Waals surface area contributed by atoms with Crippen LogP contribution in [0.4, 0.5) is 5.95 Å². The molecule has 21 heavy (non-hydrogen) atoms. The largest absolute Gasteiger partial charge is 0.486 e. The Morgan fingerprint density at radius 3 is 3.00 bits per heavy atom. The second kappa shape index (κ2) is 4.92. The van der Waals surface area contributed by atoms with E-state index in [1.54, 1.807) is 0 Å². The van der Waals surface area contributed by atoms with E-state index in [0.717, 1.165) is 30.0 Å². The predicted octanol–water partition coefficient (Wildman–Crippen LogP) is 0.947. The molecular formula is C14H16N4O3. The Balaban J connectivity index is 1.72. The first-order chi connectivity index (χ1) is 10.3. The van der Waals surface area contributed by atoms with Crippen LogP contribution in [-0.2, 0) is 6.61 Å². The lowest BCUT2D eigenvalue weighted by Crippen LogP contribution is -2.25. The molecule has 2 aliphatic rings. The molecule has 7 nitrogen and oxygen atoms in total. The molecule has 0 saturated heterocycles. The summed E-state index contributed by atoms with van der Waals surface area (Å²) >= 11 is 0. The Labute approximate surface area is 121 Å². The monoisotopic (exact) mass is 288 g/mol. The Kier molecular flexibility index (Phi) is 2.92. The highest BCUT2D eigenvalue weighted by atomic mass is 16.6. The van der Waals surface area contributed by atoms with Gasteiger partial charge in [0.05, 0.1) is 6.04 Å². The van der Waals surface area contributed by atoms with Gasteiger partial charge in [-0.05, 0) is 24.1 Å². The smallest absolute Gasteiger partial charge is 0.222 e. The number of hydrogen-bond acceptors (Lipinski definition) is 6. The zero-order chi connectivity index (χ0) is 14.2. The normalized spacial score (nSPS) is 19.8. The fourth-order valence-electron chi connectivity index (χ4n) is 2.79. The Hall–Kier alpha value is -2.28. The predicted molar refractivity (Wildman–Crippen MR) is 74.6 cm³/mol. The first-order valence-electron chi connectivity index (χ1n) is 7.05. The average molecular weight is 288 g/mol. The number of benzene rings is 1. The van der Waals surface area contributed by atoms with Crippen LogP contribution in [0.2, 0.25) is 0 Å². The van der Waals surface area contributed by atoms with E-state index in [9.17, 15) is 5.11 Å². The lowest BCUT2D eigenvalue weighted by Gasteiger charge is -2.26. The molecule has 0 amide bonds. The number of hydrogen-bond donors (Lipinski definition) is 2. The molecule has 0 saturated carbocycles. The van der Waals surface area contributed by atoms with Crippen molar-refractivity contribution >= 4 is 5.95 Å². The number of nitrogens with zero attached hydrogens (tertiary/aromatic N) is 3. The summed E-state index contributed by atoms with van der Waals surface area (Å²) in [7, 11) is 0. The molecular weight excluding hydrogens is 272 g/mol. The zero-order valence-electron chi connectivity index (χ0n) is 11.5. The van der Waals surface area contributed by atoms with Gasteiger partial charge < -0.3 is 19.9 Å². The topological polar surface area (TPSA) is 81.4 Å². The number of aliphatic hydroxyl groups is 1. The highest BCUT2D eigenvalue weighted by Crippen LogP contribution is 2.36. The molecule has 0 fully saturated rings. The van der Waals surface area contributed by atoms with Crippen LogP contribution in [0.1, 0.15) is 23.9 Å². The van der Waals surface area contributed by atoms with E-state index < -0.39 is 0 Å². The molecule has 3 heterocycles. The van der Waals surface area contributed by atoms with Gasteiger partial charge in [0, 0.05) is 6.54 Å². The van der Waals surface area contributed by atoms with Crippen LogP contribution in [0.25, 0.3) is 0 Å². The van der Waals surface area contributed by atoms with Crippen molar-refractivity contribution in [3.8, 4) is 11.5 Å². The van der Waals surface area contributed by atoms with Gasteiger partial charge >= 0.3 is 0 Å². The fourth-order valence-corrected chi connectivity index (χ4v) is 2.79. The summed E-state index contributed by atoms with van der Waals surface area (Å²) in [5.74, 6) is 2.70. The van der Waals surface area contributed by atoms with Crippen molar-refractivity contribution in [1.29, 1.82) is 0 Å². The van der Waals surface area contributed by atoms with Crippen LogP contribution in [-0.4, -0.2) is 39.6 Å². The maximum Gasteiger partial charge on any atom is 0.222 e. The number of nitrogens with one attached hydrogen (secondary N) is 1. The number of anilines is 1. The van der Waals surface area contributed by atoms with Gasteiger partial charge in [-0.1, -0.05) is 6.07 Å². The molecule has 0 radical (unpaired) electrons. The first kappa shape index (κ1) is 12.5. The number of ether oxygens (including phenoxy) is 2. The average Bonchev–Trinajstić information content (AvgIpc) is 2.97. The summed E-state index contributed by atoms with van der Waals surface area (Å²) in [6.07, 6.45) is 0.904. The van der Waals surface area contributed by atoms with E-state index in [1.807, 2.05) is 22.9 Å². The minimum Gasteiger partial charge on any atom is -0.486 e. The molecule has 110 valence electrons. The molecule has 2 N–H and O–H groups in total. The Morgan fingerprint density at radius 1 is 1.29 bits per heavy atom.